The molecule has 0 aliphatic heterocycles. The summed E-state index contributed by atoms with van der Waals surface area (Å²) in [5.74, 6) is 0.491. The Balaban J connectivity index is 1.96. The van der Waals surface area contributed by atoms with Crippen LogP contribution in [0.25, 0.3) is 0 Å². The number of ketones is 1. The molecule has 1 aliphatic rings. The summed E-state index contributed by atoms with van der Waals surface area (Å²) < 4.78 is 0.701. The summed E-state index contributed by atoms with van der Waals surface area (Å²) in [7, 11) is 1.99. The van der Waals surface area contributed by atoms with Crippen molar-refractivity contribution in [3.05, 3.63) is 21.3 Å². The summed E-state index contributed by atoms with van der Waals surface area (Å²) in [5.41, 5.74) is 0. The van der Waals surface area contributed by atoms with Gasteiger partial charge < -0.3 is 5.32 Å². The molecule has 2 rings (SSSR count). The van der Waals surface area contributed by atoms with Gasteiger partial charge in [-0.1, -0.05) is 11.6 Å². The van der Waals surface area contributed by atoms with Crippen molar-refractivity contribution in [1.29, 1.82) is 0 Å². The Kier molecular flexibility index (Phi) is 4.00. The van der Waals surface area contributed by atoms with Gasteiger partial charge in [-0.2, -0.15) is 0 Å². The molecule has 1 saturated carbocycles. The highest BCUT2D eigenvalue weighted by Gasteiger charge is 2.26. The molecule has 1 heterocycles. The predicted octanol–water partition coefficient (Wildman–Crippen LogP) is 3.36. The summed E-state index contributed by atoms with van der Waals surface area (Å²) in [6, 6.07) is 4.24. The molecule has 0 saturated heterocycles. The van der Waals surface area contributed by atoms with Crippen LogP contribution in [0, 0.1) is 5.92 Å². The fourth-order valence-electron chi connectivity index (χ4n) is 2.29. The molecule has 0 aromatic carbocycles. The first-order chi connectivity index (χ1) is 7.70. The van der Waals surface area contributed by atoms with E-state index in [9.17, 15) is 4.79 Å². The van der Waals surface area contributed by atoms with Crippen molar-refractivity contribution in [3.63, 3.8) is 0 Å². The molecule has 0 amide bonds. The van der Waals surface area contributed by atoms with Crippen LogP contribution in [-0.4, -0.2) is 18.9 Å². The molecule has 0 unspecified atom stereocenters. The Bertz CT molecular complexity index is 369. The molecule has 0 bridgehead atoms. The van der Waals surface area contributed by atoms with E-state index >= 15 is 0 Å². The lowest BCUT2D eigenvalue weighted by atomic mass is 9.83. The van der Waals surface area contributed by atoms with E-state index in [1.165, 1.54) is 11.3 Å². The van der Waals surface area contributed by atoms with E-state index in [0.29, 0.717) is 10.4 Å². The molecular weight excluding hydrogens is 242 g/mol. The Morgan fingerprint density at radius 3 is 2.56 bits per heavy atom. The molecular formula is C12H16ClNOS. The van der Waals surface area contributed by atoms with Gasteiger partial charge in [0.15, 0.2) is 5.78 Å². The Morgan fingerprint density at radius 1 is 1.38 bits per heavy atom. The maximum Gasteiger partial charge on any atom is 0.175 e. The van der Waals surface area contributed by atoms with E-state index in [4.69, 9.17) is 11.6 Å². The number of nitrogens with one attached hydrogen (secondary N) is 1. The van der Waals surface area contributed by atoms with Crippen LogP contribution in [0.3, 0.4) is 0 Å². The first-order valence-corrected chi connectivity index (χ1v) is 6.87. The van der Waals surface area contributed by atoms with Gasteiger partial charge in [0.25, 0.3) is 0 Å². The molecule has 1 aromatic rings. The second-order valence-corrected chi connectivity index (χ2v) is 6.02. The van der Waals surface area contributed by atoms with E-state index in [1.807, 2.05) is 13.1 Å². The zero-order valence-corrected chi connectivity index (χ0v) is 10.9. The lowest BCUT2D eigenvalue weighted by Crippen LogP contribution is -2.32. The number of halogens is 1. The van der Waals surface area contributed by atoms with Gasteiger partial charge in [0, 0.05) is 12.0 Å². The minimum atomic E-state index is 0.208. The van der Waals surface area contributed by atoms with Gasteiger partial charge in [-0.15, -0.1) is 11.3 Å². The number of carbonyl (C=O) groups is 1. The molecule has 1 N–H and O–H groups in total. The summed E-state index contributed by atoms with van der Waals surface area (Å²) in [6.07, 6.45) is 4.21. The fraction of sp³-hybridized carbons (Fsp3) is 0.583. The highest BCUT2D eigenvalue weighted by Crippen LogP contribution is 2.30. The predicted molar refractivity (Wildman–Crippen MR) is 68.5 cm³/mol. The molecule has 88 valence electrons. The fourth-order valence-corrected chi connectivity index (χ4v) is 3.35. The van der Waals surface area contributed by atoms with Crippen molar-refractivity contribution >= 4 is 28.7 Å². The van der Waals surface area contributed by atoms with Crippen molar-refractivity contribution in [3.8, 4) is 0 Å². The van der Waals surface area contributed by atoms with Crippen LogP contribution in [0.1, 0.15) is 35.4 Å². The second-order valence-electron chi connectivity index (χ2n) is 4.31. The molecule has 16 heavy (non-hydrogen) atoms. The van der Waals surface area contributed by atoms with Crippen LogP contribution in [0.2, 0.25) is 4.34 Å². The van der Waals surface area contributed by atoms with Gasteiger partial charge >= 0.3 is 0 Å². The zero-order chi connectivity index (χ0) is 11.5. The molecule has 2 nitrogen and oxygen atoms in total. The third-order valence-electron chi connectivity index (χ3n) is 3.32. The summed E-state index contributed by atoms with van der Waals surface area (Å²) in [6.45, 7) is 0. The van der Waals surface area contributed by atoms with Crippen molar-refractivity contribution in [1.82, 2.24) is 5.32 Å². The first-order valence-electron chi connectivity index (χ1n) is 5.67. The van der Waals surface area contributed by atoms with E-state index in [1.54, 1.807) is 6.07 Å². The van der Waals surface area contributed by atoms with E-state index in [-0.39, 0.29) is 11.7 Å². The smallest absolute Gasteiger partial charge is 0.175 e. The lowest BCUT2D eigenvalue weighted by Gasteiger charge is -2.26. The third kappa shape index (κ3) is 2.65. The number of carbonyl (C=O) groups excluding carboxylic acids is 1. The minimum absolute atomic E-state index is 0.208. The molecule has 0 radical (unpaired) electrons. The molecule has 1 aliphatic carbocycles. The second kappa shape index (κ2) is 5.30. The molecule has 0 spiro atoms. The van der Waals surface area contributed by atoms with Crippen molar-refractivity contribution in [2.75, 3.05) is 7.05 Å². The minimum Gasteiger partial charge on any atom is -0.317 e. The Hall–Kier alpha value is -0.380. The molecule has 1 fully saturated rings. The highest BCUT2D eigenvalue weighted by molar-refractivity contribution is 7.18. The normalized spacial score (nSPS) is 25.6. The number of hydrogen-bond acceptors (Lipinski definition) is 3. The quantitative estimate of drug-likeness (QED) is 0.842. The Labute approximate surface area is 105 Å². The number of rotatable bonds is 3. The lowest BCUT2D eigenvalue weighted by molar-refractivity contribution is 0.0885. The van der Waals surface area contributed by atoms with Gasteiger partial charge in [-0.05, 0) is 44.9 Å². The Morgan fingerprint density at radius 2 is 2.06 bits per heavy atom. The number of thiophene rings is 1. The average Bonchev–Trinajstić information content (AvgIpc) is 2.75. The maximum atomic E-state index is 12.1. The molecule has 4 heteroatoms. The zero-order valence-electron chi connectivity index (χ0n) is 9.33. The largest absolute Gasteiger partial charge is 0.317 e. The summed E-state index contributed by atoms with van der Waals surface area (Å²) in [5, 5.41) is 3.28. The summed E-state index contributed by atoms with van der Waals surface area (Å²) >= 11 is 7.24. The van der Waals surface area contributed by atoms with Gasteiger partial charge in [0.05, 0.1) is 9.21 Å². The van der Waals surface area contributed by atoms with Gasteiger partial charge in [0.1, 0.15) is 0 Å². The topological polar surface area (TPSA) is 29.1 Å². The van der Waals surface area contributed by atoms with Crippen LogP contribution in [0.4, 0.5) is 0 Å². The van der Waals surface area contributed by atoms with E-state index in [0.717, 1.165) is 30.6 Å². The first kappa shape index (κ1) is 12.1. The monoisotopic (exact) mass is 257 g/mol. The summed E-state index contributed by atoms with van der Waals surface area (Å²) in [4.78, 5) is 13.0. The van der Waals surface area contributed by atoms with Gasteiger partial charge in [-0.25, -0.2) is 0 Å². The van der Waals surface area contributed by atoms with Crippen molar-refractivity contribution in [2.45, 2.75) is 31.7 Å². The van der Waals surface area contributed by atoms with Crippen LogP contribution in [0.5, 0.6) is 0 Å². The van der Waals surface area contributed by atoms with E-state index in [2.05, 4.69) is 5.32 Å². The number of Topliss-reactive ketones (excluding diaryl/α,β-unsaturated/α-hetero) is 1. The molecule has 0 atom stereocenters. The highest BCUT2D eigenvalue weighted by atomic mass is 35.5. The average molecular weight is 258 g/mol. The van der Waals surface area contributed by atoms with E-state index < -0.39 is 0 Å². The molecule has 1 aromatic heterocycles. The van der Waals surface area contributed by atoms with Crippen LogP contribution in [0.15, 0.2) is 12.1 Å². The van der Waals surface area contributed by atoms with Gasteiger partial charge in [0.2, 0.25) is 0 Å². The van der Waals surface area contributed by atoms with Crippen molar-refractivity contribution < 1.29 is 4.79 Å². The van der Waals surface area contributed by atoms with Gasteiger partial charge in [-0.3, -0.25) is 4.79 Å². The number of hydrogen-bond donors (Lipinski definition) is 1. The maximum absolute atomic E-state index is 12.1. The van der Waals surface area contributed by atoms with Crippen LogP contribution >= 0.6 is 22.9 Å². The SMILES string of the molecule is CNC1CCC(C(=O)c2ccc(Cl)s2)CC1. The van der Waals surface area contributed by atoms with Crippen LogP contribution in [-0.2, 0) is 0 Å². The standard InChI is InChI=1S/C12H16ClNOS/c1-14-9-4-2-8(3-5-9)12(15)10-6-7-11(13)16-10/h6-9,14H,2-5H2,1H3. The van der Waals surface area contributed by atoms with Crippen molar-refractivity contribution in [2.24, 2.45) is 5.92 Å². The van der Waals surface area contributed by atoms with Crippen LogP contribution < -0.4 is 5.32 Å². The third-order valence-corrected chi connectivity index (χ3v) is 4.57.